The third-order valence-corrected chi connectivity index (χ3v) is 3.05. The van der Waals surface area contributed by atoms with Gasteiger partial charge in [-0.25, -0.2) is 4.98 Å². The van der Waals surface area contributed by atoms with Crippen LogP contribution in [0.3, 0.4) is 0 Å². The van der Waals surface area contributed by atoms with Crippen molar-refractivity contribution in [2.75, 3.05) is 18.0 Å². The summed E-state index contributed by atoms with van der Waals surface area (Å²) >= 11 is 5.91. The second-order valence-corrected chi connectivity index (χ2v) is 5.94. The van der Waals surface area contributed by atoms with E-state index in [1.54, 1.807) is 12.4 Å². The summed E-state index contributed by atoms with van der Waals surface area (Å²) in [7, 11) is 0. The molecule has 0 amide bonds. The summed E-state index contributed by atoms with van der Waals surface area (Å²) in [6.45, 7) is 11.0. The van der Waals surface area contributed by atoms with Crippen molar-refractivity contribution >= 4 is 17.4 Å². The minimum Gasteiger partial charge on any atom is -0.355 e. The zero-order valence-corrected chi connectivity index (χ0v) is 12.6. The van der Waals surface area contributed by atoms with E-state index in [-0.39, 0.29) is 0 Å². The van der Waals surface area contributed by atoms with Crippen LogP contribution < -0.4 is 4.90 Å². The van der Waals surface area contributed by atoms with Crippen LogP contribution in [0.1, 0.15) is 40.5 Å². The highest BCUT2D eigenvalue weighted by Crippen LogP contribution is 2.16. The Morgan fingerprint density at radius 2 is 1.61 bits per heavy atom. The Morgan fingerprint density at radius 3 is 2.06 bits per heavy atom. The van der Waals surface area contributed by atoms with Crippen LogP contribution in [0.15, 0.2) is 12.4 Å². The molecule has 1 aromatic rings. The number of nitrogens with zero attached hydrogens (tertiary/aromatic N) is 3. The molecular weight excluding hydrogens is 246 g/mol. The Balaban J connectivity index is 2.69. The summed E-state index contributed by atoms with van der Waals surface area (Å²) in [5.41, 5.74) is 0. The van der Waals surface area contributed by atoms with Crippen LogP contribution in [0.2, 0.25) is 5.15 Å². The van der Waals surface area contributed by atoms with Crippen LogP contribution in [-0.4, -0.2) is 23.1 Å². The van der Waals surface area contributed by atoms with E-state index in [2.05, 4.69) is 42.6 Å². The number of halogens is 1. The molecule has 0 saturated heterocycles. The zero-order valence-electron chi connectivity index (χ0n) is 11.9. The van der Waals surface area contributed by atoms with Crippen molar-refractivity contribution in [3.8, 4) is 0 Å². The first-order valence-electron chi connectivity index (χ1n) is 6.71. The van der Waals surface area contributed by atoms with Crippen LogP contribution in [0, 0.1) is 11.8 Å². The lowest BCUT2D eigenvalue weighted by molar-refractivity contribution is 0.532. The molecule has 1 rings (SSSR count). The number of aromatic nitrogens is 2. The number of hydrogen-bond donors (Lipinski definition) is 0. The van der Waals surface area contributed by atoms with Crippen LogP contribution in [0.25, 0.3) is 0 Å². The number of hydrogen-bond acceptors (Lipinski definition) is 3. The van der Waals surface area contributed by atoms with Gasteiger partial charge in [0.2, 0.25) is 0 Å². The molecule has 0 saturated carbocycles. The topological polar surface area (TPSA) is 29.0 Å². The van der Waals surface area contributed by atoms with Crippen molar-refractivity contribution in [2.45, 2.75) is 40.5 Å². The number of anilines is 1. The molecule has 0 aliphatic carbocycles. The highest BCUT2D eigenvalue weighted by Gasteiger charge is 2.10. The maximum absolute atomic E-state index is 5.91. The fourth-order valence-corrected chi connectivity index (χ4v) is 1.80. The summed E-state index contributed by atoms with van der Waals surface area (Å²) in [5.74, 6) is 2.28. The van der Waals surface area contributed by atoms with Crippen molar-refractivity contribution in [2.24, 2.45) is 11.8 Å². The smallest absolute Gasteiger partial charge is 0.149 e. The maximum atomic E-state index is 5.91. The normalized spacial score (nSPS) is 11.3. The van der Waals surface area contributed by atoms with Crippen LogP contribution in [0.4, 0.5) is 5.82 Å². The summed E-state index contributed by atoms with van der Waals surface area (Å²) in [6, 6.07) is 0. The molecule has 102 valence electrons. The highest BCUT2D eigenvalue weighted by molar-refractivity contribution is 6.29. The fourth-order valence-electron chi connectivity index (χ4n) is 1.65. The van der Waals surface area contributed by atoms with E-state index in [1.165, 1.54) is 0 Å². The van der Waals surface area contributed by atoms with E-state index in [0.717, 1.165) is 31.7 Å². The Labute approximate surface area is 116 Å². The van der Waals surface area contributed by atoms with Crippen molar-refractivity contribution in [1.82, 2.24) is 9.97 Å². The molecule has 4 heteroatoms. The SMILES string of the molecule is CC(C)CCN(CCC(C)C)c1cncc(Cl)n1. The molecule has 0 aliphatic heterocycles. The molecule has 0 aromatic carbocycles. The lowest BCUT2D eigenvalue weighted by Gasteiger charge is -2.25. The Morgan fingerprint density at radius 1 is 1.06 bits per heavy atom. The maximum Gasteiger partial charge on any atom is 0.149 e. The molecule has 0 fully saturated rings. The van der Waals surface area contributed by atoms with Gasteiger partial charge < -0.3 is 4.90 Å². The minimum atomic E-state index is 0.464. The fraction of sp³-hybridized carbons (Fsp3) is 0.714. The Bertz CT molecular complexity index is 341. The van der Waals surface area contributed by atoms with E-state index >= 15 is 0 Å². The lowest BCUT2D eigenvalue weighted by atomic mass is 10.1. The molecule has 3 nitrogen and oxygen atoms in total. The van der Waals surface area contributed by atoms with Gasteiger partial charge in [-0.05, 0) is 24.7 Å². The first-order chi connectivity index (χ1) is 8.49. The monoisotopic (exact) mass is 269 g/mol. The van der Waals surface area contributed by atoms with Gasteiger partial charge in [0.05, 0.1) is 12.4 Å². The van der Waals surface area contributed by atoms with Crippen molar-refractivity contribution in [3.63, 3.8) is 0 Å². The van der Waals surface area contributed by atoms with Gasteiger partial charge in [0.15, 0.2) is 0 Å². The van der Waals surface area contributed by atoms with E-state index in [9.17, 15) is 0 Å². The molecule has 0 unspecified atom stereocenters. The van der Waals surface area contributed by atoms with Crippen molar-refractivity contribution < 1.29 is 0 Å². The predicted octanol–water partition coefficient (Wildman–Crippen LogP) is 4.03. The van der Waals surface area contributed by atoms with Gasteiger partial charge >= 0.3 is 0 Å². The van der Waals surface area contributed by atoms with Gasteiger partial charge in [0, 0.05) is 13.1 Å². The van der Waals surface area contributed by atoms with Gasteiger partial charge in [-0.3, -0.25) is 4.98 Å². The van der Waals surface area contributed by atoms with Gasteiger partial charge in [0.25, 0.3) is 0 Å². The van der Waals surface area contributed by atoms with Gasteiger partial charge in [-0.1, -0.05) is 39.3 Å². The molecule has 0 bridgehead atoms. The largest absolute Gasteiger partial charge is 0.355 e. The van der Waals surface area contributed by atoms with Gasteiger partial charge in [-0.2, -0.15) is 0 Å². The van der Waals surface area contributed by atoms with Gasteiger partial charge in [0.1, 0.15) is 11.0 Å². The second kappa shape index (κ2) is 7.57. The predicted molar refractivity (Wildman–Crippen MR) is 78.2 cm³/mol. The summed E-state index contributed by atoms with van der Waals surface area (Å²) in [4.78, 5) is 10.8. The molecule has 0 N–H and O–H groups in total. The van der Waals surface area contributed by atoms with Gasteiger partial charge in [-0.15, -0.1) is 0 Å². The first-order valence-corrected chi connectivity index (χ1v) is 7.09. The van der Waals surface area contributed by atoms with E-state index in [0.29, 0.717) is 17.0 Å². The summed E-state index contributed by atoms with van der Waals surface area (Å²) in [5, 5.41) is 0.464. The molecule has 0 aliphatic rings. The molecule has 0 spiro atoms. The quantitative estimate of drug-likeness (QED) is 0.748. The molecule has 1 aromatic heterocycles. The molecule has 0 atom stereocenters. The van der Waals surface area contributed by atoms with Crippen molar-refractivity contribution in [3.05, 3.63) is 17.5 Å². The number of rotatable bonds is 7. The van der Waals surface area contributed by atoms with E-state index in [1.807, 2.05) is 0 Å². The molecule has 18 heavy (non-hydrogen) atoms. The molecular formula is C14H24ClN3. The van der Waals surface area contributed by atoms with Crippen molar-refractivity contribution in [1.29, 1.82) is 0 Å². The second-order valence-electron chi connectivity index (χ2n) is 5.55. The Kier molecular flexibility index (Phi) is 6.41. The van der Waals surface area contributed by atoms with Crippen LogP contribution >= 0.6 is 11.6 Å². The van der Waals surface area contributed by atoms with E-state index < -0.39 is 0 Å². The van der Waals surface area contributed by atoms with E-state index in [4.69, 9.17) is 11.6 Å². The zero-order chi connectivity index (χ0) is 13.5. The summed E-state index contributed by atoms with van der Waals surface area (Å²) in [6.07, 6.45) is 5.69. The highest BCUT2D eigenvalue weighted by atomic mass is 35.5. The average molecular weight is 270 g/mol. The summed E-state index contributed by atoms with van der Waals surface area (Å²) < 4.78 is 0. The molecule has 0 radical (unpaired) electrons. The molecule has 1 heterocycles. The standard InChI is InChI=1S/C14H24ClN3/c1-11(2)5-7-18(8-6-12(3)4)14-10-16-9-13(15)17-14/h9-12H,5-8H2,1-4H3. The lowest BCUT2D eigenvalue weighted by Crippen LogP contribution is -2.28. The first kappa shape index (κ1) is 15.2. The van der Waals surface area contributed by atoms with Crippen LogP contribution in [0.5, 0.6) is 0 Å². The average Bonchev–Trinajstić information content (AvgIpc) is 2.28. The Hall–Kier alpha value is -0.830. The third kappa shape index (κ3) is 5.67. The third-order valence-electron chi connectivity index (χ3n) is 2.87. The minimum absolute atomic E-state index is 0.464. The van der Waals surface area contributed by atoms with Crippen LogP contribution in [-0.2, 0) is 0 Å².